The van der Waals surface area contributed by atoms with Crippen LogP contribution in [0.5, 0.6) is 5.75 Å². The van der Waals surface area contributed by atoms with Crippen LogP contribution in [0.3, 0.4) is 0 Å². The van der Waals surface area contributed by atoms with Gasteiger partial charge in [0.1, 0.15) is 11.6 Å². The normalized spacial score (nSPS) is 9.73. The molecule has 11 heavy (non-hydrogen) atoms. The van der Waals surface area contributed by atoms with Crippen molar-refractivity contribution in [3.63, 3.8) is 0 Å². The van der Waals surface area contributed by atoms with E-state index < -0.39 is 0 Å². The number of methoxy groups -OCH3 is 1. The van der Waals surface area contributed by atoms with Crippen molar-refractivity contribution in [1.29, 1.82) is 0 Å². The zero-order chi connectivity index (χ0) is 8.27. The van der Waals surface area contributed by atoms with E-state index in [0.717, 1.165) is 0 Å². The van der Waals surface area contributed by atoms with Crippen molar-refractivity contribution in [2.45, 2.75) is 5.88 Å². The first-order chi connectivity index (χ1) is 5.27. The van der Waals surface area contributed by atoms with E-state index in [-0.39, 0.29) is 11.7 Å². The lowest BCUT2D eigenvalue weighted by Crippen LogP contribution is -1.88. The minimum Gasteiger partial charge on any atom is -0.497 e. The molecular weight excluding hydrogens is 167 g/mol. The van der Waals surface area contributed by atoms with Crippen LogP contribution in [0, 0.1) is 5.82 Å². The number of hydrogen-bond acceptors (Lipinski definition) is 1. The maximum absolute atomic E-state index is 12.9. The Kier molecular flexibility index (Phi) is 2.71. The van der Waals surface area contributed by atoms with E-state index in [1.807, 2.05) is 0 Å². The Hall–Kier alpha value is -0.760. The lowest BCUT2D eigenvalue weighted by Gasteiger charge is -2.01. The number of benzene rings is 1. The molecular formula is C8H8ClFO. The summed E-state index contributed by atoms with van der Waals surface area (Å²) in [6.45, 7) is 0. The van der Waals surface area contributed by atoms with Gasteiger partial charge in [0.25, 0.3) is 0 Å². The fourth-order valence-electron chi connectivity index (χ4n) is 0.763. The Bertz CT molecular complexity index is 250. The summed E-state index contributed by atoms with van der Waals surface area (Å²) in [6.07, 6.45) is 0. The van der Waals surface area contributed by atoms with Crippen LogP contribution in [-0.4, -0.2) is 7.11 Å². The van der Waals surface area contributed by atoms with E-state index >= 15 is 0 Å². The van der Waals surface area contributed by atoms with E-state index in [1.165, 1.54) is 13.2 Å². The highest BCUT2D eigenvalue weighted by Crippen LogP contribution is 2.17. The third-order valence-corrected chi connectivity index (χ3v) is 1.69. The largest absolute Gasteiger partial charge is 0.497 e. The molecule has 0 N–H and O–H groups in total. The summed E-state index contributed by atoms with van der Waals surface area (Å²) in [5, 5.41) is 0. The van der Waals surface area contributed by atoms with Crippen molar-refractivity contribution in [1.82, 2.24) is 0 Å². The molecule has 0 spiro atoms. The number of ether oxygens (including phenoxy) is 1. The van der Waals surface area contributed by atoms with Crippen LogP contribution in [0.25, 0.3) is 0 Å². The van der Waals surface area contributed by atoms with Gasteiger partial charge < -0.3 is 4.74 Å². The Balaban J connectivity index is 2.99. The molecule has 60 valence electrons. The molecule has 0 saturated heterocycles. The minimum atomic E-state index is -0.320. The zero-order valence-corrected chi connectivity index (χ0v) is 6.86. The Morgan fingerprint density at radius 3 is 2.73 bits per heavy atom. The highest BCUT2D eigenvalue weighted by Gasteiger charge is 2.01. The van der Waals surface area contributed by atoms with Gasteiger partial charge >= 0.3 is 0 Å². The summed E-state index contributed by atoms with van der Waals surface area (Å²) in [4.78, 5) is 0. The van der Waals surface area contributed by atoms with Crippen LogP contribution < -0.4 is 4.74 Å². The minimum absolute atomic E-state index is 0.190. The highest BCUT2D eigenvalue weighted by molar-refractivity contribution is 6.17. The van der Waals surface area contributed by atoms with Crippen molar-refractivity contribution in [2.75, 3.05) is 7.11 Å². The van der Waals surface area contributed by atoms with E-state index in [1.54, 1.807) is 12.1 Å². The van der Waals surface area contributed by atoms with Gasteiger partial charge in [0, 0.05) is 11.6 Å². The third kappa shape index (κ3) is 1.84. The number of alkyl halides is 1. The van der Waals surface area contributed by atoms with Gasteiger partial charge in [-0.2, -0.15) is 0 Å². The second kappa shape index (κ2) is 3.58. The summed E-state index contributed by atoms with van der Waals surface area (Å²) in [5.74, 6) is 0.381. The van der Waals surface area contributed by atoms with Crippen molar-refractivity contribution in [3.05, 3.63) is 29.6 Å². The van der Waals surface area contributed by atoms with Crippen LogP contribution in [0.15, 0.2) is 18.2 Å². The van der Waals surface area contributed by atoms with Crippen molar-refractivity contribution in [2.24, 2.45) is 0 Å². The first-order valence-electron chi connectivity index (χ1n) is 3.16. The quantitative estimate of drug-likeness (QED) is 0.627. The van der Waals surface area contributed by atoms with E-state index in [4.69, 9.17) is 16.3 Å². The zero-order valence-electron chi connectivity index (χ0n) is 6.10. The lowest BCUT2D eigenvalue weighted by atomic mass is 10.2. The molecule has 1 nitrogen and oxygen atoms in total. The first kappa shape index (κ1) is 8.34. The van der Waals surface area contributed by atoms with Crippen LogP contribution in [0.2, 0.25) is 0 Å². The average molecular weight is 175 g/mol. The molecule has 0 atom stereocenters. The summed E-state index contributed by atoms with van der Waals surface area (Å²) in [5.41, 5.74) is 0.493. The van der Waals surface area contributed by atoms with Gasteiger partial charge in [-0.1, -0.05) is 6.07 Å². The molecule has 0 aliphatic carbocycles. The maximum Gasteiger partial charge on any atom is 0.131 e. The maximum atomic E-state index is 12.9. The fraction of sp³-hybridized carbons (Fsp3) is 0.250. The van der Waals surface area contributed by atoms with Crippen molar-refractivity contribution >= 4 is 11.6 Å². The molecule has 0 saturated carbocycles. The second-order valence-electron chi connectivity index (χ2n) is 2.09. The SMILES string of the molecule is COc1ccc(CCl)c(F)c1. The number of halogens is 2. The lowest BCUT2D eigenvalue weighted by molar-refractivity contribution is 0.411. The summed E-state index contributed by atoms with van der Waals surface area (Å²) >= 11 is 5.45. The predicted octanol–water partition coefficient (Wildman–Crippen LogP) is 2.57. The van der Waals surface area contributed by atoms with Crippen LogP contribution >= 0.6 is 11.6 Å². The molecule has 1 aromatic rings. The average Bonchev–Trinajstić information content (AvgIpc) is 2.04. The molecule has 0 aromatic heterocycles. The standard InChI is InChI=1S/C8H8ClFO/c1-11-7-3-2-6(5-9)8(10)4-7/h2-4H,5H2,1H3. The predicted molar refractivity (Wildman–Crippen MR) is 42.5 cm³/mol. The van der Waals surface area contributed by atoms with Crippen LogP contribution in [0.4, 0.5) is 4.39 Å². The van der Waals surface area contributed by atoms with Gasteiger partial charge in [-0.25, -0.2) is 4.39 Å². The first-order valence-corrected chi connectivity index (χ1v) is 3.69. The van der Waals surface area contributed by atoms with Crippen LogP contribution in [0.1, 0.15) is 5.56 Å². The van der Waals surface area contributed by atoms with Gasteiger partial charge in [-0.3, -0.25) is 0 Å². The van der Waals surface area contributed by atoms with Gasteiger partial charge in [-0.15, -0.1) is 11.6 Å². The summed E-state index contributed by atoms with van der Waals surface area (Å²) in [7, 11) is 1.50. The van der Waals surface area contributed by atoms with E-state index in [9.17, 15) is 4.39 Å². The summed E-state index contributed by atoms with van der Waals surface area (Å²) in [6, 6.07) is 4.61. The molecule has 1 rings (SSSR count). The second-order valence-corrected chi connectivity index (χ2v) is 2.36. The van der Waals surface area contributed by atoms with E-state index in [2.05, 4.69) is 0 Å². The van der Waals surface area contributed by atoms with Gasteiger partial charge in [0.15, 0.2) is 0 Å². The smallest absolute Gasteiger partial charge is 0.131 e. The third-order valence-electron chi connectivity index (χ3n) is 1.40. The Morgan fingerprint density at radius 2 is 2.27 bits per heavy atom. The molecule has 3 heteroatoms. The van der Waals surface area contributed by atoms with Crippen molar-refractivity contribution < 1.29 is 9.13 Å². The van der Waals surface area contributed by atoms with Gasteiger partial charge in [0.2, 0.25) is 0 Å². The summed E-state index contributed by atoms with van der Waals surface area (Å²) < 4.78 is 17.7. The molecule has 0 unspecified atom stereocenters. The number of rotatable bonds is 2. The monoisotopic (exact) mass is 174 g/mol. The number of hydrogen-bond donors (Lipinski definition) is 0. The molecule has 1 aromatic carbocycles. The van der Waals surface area contributed by atoms with Crippen molar-refractivity contribution in [3.8, 4) is 5.75 Å². The molecule has 0 amide bonds. The van der Waals surface area contributed by atoms with E-state index in [0.29, 0.717) is 11.3 Å². The topological polar surface area (TPSA) is 9.23 Å². The molecule has 0 aliphatic rings. The fourth-order valence-corrected chi connectivity index (χ4v) is 0.980. The highest BCUT2D eigenvalue weighted by atomic mass is 35.5. The van der Waals surface area contributed by atoms with Gasteiger partial charge in [-0.05, 0) is 6.07 Å². The molecule has 0 fully saturated rings. The molecule has 0 heterocycles. The van der Waals surface area contributed by atoms with Gasteiger partial charge in [0.05, 0.1) is 13.0 Å². The molecule has 0 radical (unpaired) electrons. The van der Waals surface area contributed by atoms with Crippen LogP contribution in [-0.2, 0) is 5.88 Å². The Labute approximate surface area is 69.7 Å². The Morgan fingerprint density at radius 1 is 1.55 bits per heavy atom. The molecule has 0 bridgehead atoms. The molecule has 0 aliphatic heterocycles.